The number of sulfonamides is 1. The van der Waals surface area contributed by atoms with Gasteiger partial charge in [-0.3, -0.25) is 0 Å². The van der Waals surface area contributed by atoms with Gasteiger partial charge in [-0.05, 0) is 41.8 Å². The summed E-state index contributed by atoms with van der Waals surface area (Å²) in [6, 6.07) is 1.47. The molecule has 9 heteroatoms. The highest BCUT2D eigenvalue weighted by Gasteiger charge is 2.33. The van der Waals surface area contributed by atoms with Crippen molar-refractivity contribution in [1.29, 1.82) is 0 Å². The van der Waals surface area contributed by atoms with Crippen molar-refractivity contribution in [3.8, 4) is 0 Å². The monoisotopic (exact) mass is 364 g/mol. The zero-order valence-corrected chi connectivity index (χ0v) is 13.4. The van der Waals surface area contributed by atoms with E-state index in [-0.39, 0.29) is 10.7 Å². The average molecular weight is 365 g/mol. The Morgan fingerprint density at radius 2 is 2.10 bits per heavy atom. The van der Waals surface area contributed by atoms with Crippen LogP contribution in [0.1, 0.15) is 19.8 Å². The van der Waals surface area contributed by atoms with Gasteiger partial charge in [0.1, 0.15) is 4.90 Å². The predicted molar refractivity (Wildman–Crippen MR) is 78.5 cm³/mol. The molecule has 1 aromatic rings. The number of ether oxygens (including phenoxy) is 1. The zero-order chi connectivity index (χ0) is 14.8. The Kier molecular flexibility index (Phi) is 4.65. The lowest BCUT2D eigenvalue weighted by molar-refractivity contribution is 0.0537. The van der Waals surface area contributed by atoms with Crippen molar-refractivity contribution in [2.24, 2.45) is 5.84 Å². The minimum absolute atomic E-state index is 0.0158. The van der Waals surface area contributed by atoms with Crippen LogP contribution in [0.5, 0.6) is 0 Å². The van der Waals surface area contributed by atoms with Crippen LogP contribution < -0.4 is 16.0 Å². The van der Waals surface area contributed by atoms with Crippen molar-refractivity contribution in [1.82, 2.24) is 9.71 Å². The van der Waals surface area contributed by atoms with E-state index in [9.17, 15) is 8.42 Å². The molecular weight excluding hydrogens is 348 g/mol. The molecule has 4 N–H and O–H groups in total. The molecule has 0 atom stereocenters. The van der Waals surface area contributed by atoms with Crippen LogP contribution in [-0.4, -0.2) is 32.2 Å². The Hall–Kier alpha value is -0.740. The third kappa shape index (κ3) is 3.47. The fraction of sp³-hybridized carbons (Fsp3) is 0.545. The van der Waals surface area contributed by atoms with Crippen LogP contribution in [0.15, 0.2) is 21.6 Å². The summed E-state index contributed by atoms with van der Waals surface area (Å²) in [5, 5.41) is 0. The standard InChI is InChI=1S/C11H17BrN4O3S/c1-11(2-4-19-5-3-11)16-20(17,18)9-6-8(12)7-14-10(9)15-13/h6-7,16H,2-5,13H2,1H3,(H,14,15). The first-order valence-corrected chi connectivity index (χ1v) is 8.38. The number of halogens is 1. The van der Waals surface area contributed by atoms with E-state index in [4.69, 9.17) is 10.6 Å². The van der Waals surface area contributed by atoms with E-state index >= 15 is 0 Å². The molecule has 0 spiro atoms. The maximum absolute atomic E-state index is 12.5. The topological polar surface area (TPSA) is 106 Å². The summed E-state index contributed by atoms with van der Waals surface area (Å²) in [4.78, 5) is 3.97. The molecule has 1 saturated heterocycles. The average Bonchev–Trinajstić information content (AvgIpc) is 2.38. The minimum Gasteiger partial charge on any atom is -0.381 e. The lowest BCUT2D eigenvalue weighted by Gasteiger charge is -2.34. The zero-order valence-electron chi connectivity index (χ0n) is 11.0. The van der Waals surface area contributed by atoms with E-state index in [1.807, 2.05) is 6.92 Å². The number of nitrogens with two attached hydrogens (primary N) is 1. The van der Waals surface area contributed by atoms with E-state index in [0.717, 1.165) is 0 Å². The highest BCUT2D eigenvalue weighted by atomic mass is 79.9. The first-order valence-electron chi connectivity index (χ1n) is 6.10. The SMILES string of the molecule is CC1(NS(=O)(=O)c2cc(Br)cnc2NN)CCOCC1. The van der Waals surface area contributed by atoms with E-state index in [2.05, 4.69) is 31.1 Å². The van der Waals surface area contributed by atoms with Gasteiger partial charge < -0.3 is 10.2 Å². The Balaban J connectivity index is 2.32. The van der Waals surface area contributed by atoms with Gasteiger partial charge in [-0.15, -0.1) is 0 Å². The van der Waals surface area contributed by atoms with Gasteiger partial charge in [-0.2, -0.15) is 0 Å². The van der Waals surface area contributed by atoms with Crippen molar-refractivity contribution in [3.63, 3.8) is 0 Å². The summed E-state index contributed by atoms with van der Waals surface area (Å²) in [7, 11) is -3.72. The lowest BCUT2D eigenvalue weighted by atomic mass is 9.94. The lowest BCUT2D eigenvalue weighted by Crippen LogP contribution is -2.49. The molecule has 2 heterocycles. The van der Waals surface area contributed by atoms with Crippen LogP contribution in [0.4, 0.5) is 5.82 Å². The maximum atomic E-state index is 12.5. The molecule has 112 valence electrons. The number of nitrogen functional groups attached to an aromatic ring is 1. The summed E-state index contributed by atoms with van der Waals surface area (Å²) in [5.41, 5.74) is 1.78. The molecule has 0 radical (unpaired) electrons. The molecule has 0 unspecified atom stereocenters. The summed E-state index contributed by atoms with van der Waals surface area (Å²) in [6.45, 7) is 2.95. The molecular formula is C11H17BrN4O3S. The second kappa shape index (κ2) is 5.94. The Morgan fingerprint density at radius 3 is 2.70 bits per heavy atom. The number of aromatic nitrogens is 1. The molecule has 0 aromatic carbocycles. The molecule has 1 aromatic heterocycles. The largest absolute Gasteiger partial charge is 0.381 e. The first-order chi connectivity index (χ1) is 9.36. The van der Waals surface area contributed by atoms with E-state index in [0.29, 0.717) is 30.5 Å². The molecule has 0 bridgehead atoms. The number of hydrazine groups is 1. The Labute approximate surface area is 126 Å². The third-order valence-electron chi connectivity index (χ3n) is 3.22. The number of pyridine rings is 1. The summed E-state index contributed by atoms with van der Waals surface area (Å²) in [6.07, 6.45) is 2.72. The highest BCUT2D eigenvalue weighted by Crippen LogP contribution is 2.26. The summed E-state index contributed by atoms with van der Waals surface area (Å²) >= 11 is 3.21. The molecule has 20 heavy (non-hydrogen) atoms. The Morgan fingerprint density at radius 1 is 1.45 bits per heavy atom. The van der Waals surface area contributed by atoms with Crippen molar-refractivity contribution < 1.29 is 13.2 Å². The highest BCUT2D eigenvalue weighted by molar-refractivity contribution is 9.10. The van der Waals surface area contributed by atoms with E-state index in [1.165, 1.54) is 12.3 Å². The number of hydrogen-bond acceptors (Lipinski definition) is 6. The first kappa shape index (κ1) is 15.6. The van der Waals surface area contributed by atoms with Crippen LogP contribution in [0, 0.1) is 0 Å². The molecule has 1 fully saturated rings. The van der Waals surface area contributed by atoms with Crippen molar-refractivity contribution >= 4 is 31.8 Å². The minimum atomic E-state index is -3.72. The van der Waals surface area contributed by atoms with Crippen LogP contribution in [-0.2, 0) is 14.8 Å². The van der Waals surface area contributed by atoms with Gasteiger partial charge in [0.25, 0.3) is 0 Å². The summed E-state index contributed by atoms with van der Waals surface area (Å²) < 4.78 is 33.6. The van der Waals surface area contributed by atoms with Crippen LogP contribution in [0.2, 0.25) is 0 Å². The number of nitrogens with one attached hydrogen (secondary N) is 2. The van der Waals surface area contributed by atoms with Gasteiger partial charge in [0.05, 0.1) is 0 Å². The summed E-state index contributed by atoms with van der Waals surface area (Å²) in [5.74, 6) is 5.43. The van der Waals surface area contributed by atoms with Gasteiger partial charge >= 0.3 is 0 Å². The number of hydrogen-bond donors (Lipinski definition) is 3. The molecule has 1 aliphatic heterocycles. The molecule has 7 nitrogen and oxygen atoms in total. The third-order valence-corrected chi connectivity index (χ3v) is 5.31. The van der Waals surface area contributed by atoms with Gasteiger partial charge in [-0.25, -0.2) is 24.0 Å². The quantitative estimate of drug-likeness (QED) is 0.543. The number of rotatable bonds is 4. The van der Waals surface area contributed by atoms with Crippen molar-refractivity contribution in [2.45, 2.75) is 30.2 Å². The van der Waals surface area contributed by atoms with Crippen molar-refractivity contribution in [2.75, 3.05) is 18.6 Å². The molecule has 0 amide bonds. The van der Waals surface area contributed by atoms with Gasteiger partial charge in [0, 0.05) is 29.4 Å². The Bertz CT molecular complexity index is 587. The van der Waals surface area contributed by atoms with Crippen molar-refractivity contribution in [3.05, 3.63) is 16.7 Å². The van der Waals surface area contributed by atoms with E-state index in [1.54, 1.807) is 0 Å². The smallest absolute Gasteiger partial charge is 0.244 e. The van der Waals surface area contributed by atoms with Crippen LogP contribution in [0.3, 0.4) is 0 Å². The molecule has 0 saturated carbocycles. The number of anilines is 1. The maximum Gasteiger partial charge on any atom is 0.244 e. The fourth-order valence-electron chi connectivity index (χ4n) is 2.04. The van der Waals surface area contributed by atoms with Crippen LogP contribution in [0.25, 0.3) is 0 Å². The second-order valence-corrected chi connectivity index (χ2v) is 7.49. The predicted octanol–water partition coefficient (Wildman–Crippen LogP) is 0.977. The fourth-order valence-corrected chi connectivity index (χ4v) is 4.13. The van der Waals surface area contributed by atoms with Crippen LogP contribution >= 0.6 is 15.9 Å². The van der Waals surface area contributed by atoms with Gasteiger partial charge in [-0.1, -0.05) is 0 Å². The normalized spacial score (nSPS) is 18.8. The molecule has 2 rings (SSSR count). The molecule has 1 aliphatic rings. The van der Waals surface area contributed by atoms with Gasteiger partial charge in [0.15, 0.2) is 5.82 Å². The van der Waals surface area contributed by atoms with E-state index < -0.39 is 15.6 Å². The second-order valence-electron chi connectivity index (χ2n) is 4.92. The van der Waals surface area contributed by atoms with Gasteiger partial charge in [0.2, 0.25) is 10.0 Å². The molecule has 0 aliphatic carbocycles. The number of nitrogens with zero attached hydrogens (tertiary/aromatic N) is 1.